The summed E-state index contributed by atoms with van der Waals surface area (Å²) >= 11 is 0. The molecule has 158 valence electrons. The number of aromatic hydroxyl groups is 3. The molecule has 0 aliphatic rings. The maximum absolute atomic E-state index is 10.3. The number of benzene rings is 4. The van der Waals surface area contributed by atoms with Crippen molar-refractivity contribution < 1.29 is 25.4 Å². The standard InChI is InChI=1S/C22H17BN4O5/c28-19-12-21(30)22(17-7-2-1-6-16(17)19)27-25-15-8-9-18(20(29)11-15)26-24-14-5-3-4-13(10-14)23(31)32/h1-12,28-32H. The van der Waals surface area contributed by atoms with Gasteiger partial charge in [-0.25, -0.2) is 0 Å². The lowest BCUT2D eigenvalue weighted by atomic mass is 9.80. The van der Waals surface area contributed by atoms with Crippen LogP contribution in [0.25, 0.3) is 10.8 Å². The third-order valence-electron chi connectivity index (χ3n) is 4.64. The number of phenolic OH excluding ortho intramolecular Hbond substituents is 3. The van der Waals surface area contributed by atoms with Crippen molar-refractivity contribution in [2.75, 3.05) is 0 Å². The zero-order chi connectivity index (χ0) is 22.7. The molecule has 4 aromatic carbocycles. The Kier molecular flexibility index (Phi) is 5.80. The Labute approximate surface area is 182 Å². The molecular weight excluding hydrogens is 411 g/mol. The van der Waals surface area contributed by atoms with E-state index in [1.54, 1.807) is 42.5 Å². The lowest BCUT2D eigenvalue weighted by Gasteiger charge is -2.06. The van der Waals surface area contributed by atoms with Crippen molar-refractivity contribution in [3.8, 4) is 17.2 Å². The minimum absolute atomic E-state index is 0.0663. The van der Waals surface area contributed by atoms with Gasteiger partial charge in [0, 0.05) is 22.9 Å². The summed E-state index contributed by atoms with van der Waals surface area (Å²) in [6.07, 6.45) is 0. The molecule has 0 bridgehead atoms. The third kappa shape index (κ3) is 4.41. The van der Waals surface area contributed by atoms with Gasteiger partial charge in [-0.3, -0.25) is 0 Å². The monoisotopic (exact) mass is 428 g/mol. The number of rotatable bonds is 5. The first-order chi connectivity index (χ1) is 15.4. The second-order valence-electron chi connectivity index (χ2n) is 6.85. The first-order valence-electron chi connectivity index (χ1n) is 9.48. The zero-order valence-corrected chi connectivity index (χ0v) is 16.5. The molecule has 0 heterocycles. The molecule has 0 unspecified atom stereocenters. The van der Waals surface area contributed by atoms with Crippen LogP contribution in [0, 0.1) is 0 Å². The van der Waals surface area contributed by atoms with E-state index in [0.29, 0.717) is 22.1 Å². The van der Waals surface area contributed by atoms with Crippen LogP contribution in [0.5, 0.6) is 17.2 Å². The topological polar surface area (TPSA) is 151 Å². The van der Waals surface area contributed by atoms with Gasteiger partial charge in [0.25, 0.3) is 0 Å². The molecule has 10 heteroatoms. The fourth-order valence-electron chi connectivity index (χ4n) is 3.06. The largest absolute Gasteiger partial charge is 0.507 e. The minimum atomic E-state index is -1.62. The van der Waals surface area contributed by atoms with E-state index in [9.17, 15) is 25.4 Å². The molecule has 0 aromatic heterocycles. The fourth-order valence-corrected chi connectivity index (χ4v) is 3.06. The summed E-state index contributed by atoms with van der Waals surface area (Å²) in [6, 6.07) is 18.7. The van der Waals surface area contributed by atoms with Crippen molar-refractivity contribution in [2.24, 2.45) is 20.5 Å². The molecule has 0 amide bonds. The van der Waals surface area contributed by atoms with Gasteiger partial charge in [-0.2, -0.15) is 10.2 Å². The van der Waals surface area contributed by atoms with Crippen LogP contribution in [-0.2, 0) is 0 Å². The number of phenols is 3. The smallest absolute Gasteiger partial charge is 0.488 e. The van der Waals surface area contributed by atoms with Gasteiger partial charge in [0.05, 0.1) is 11.4 Å². The summed E-state index contributed by atoms with van der Waals surface area (Å²) < 4.78 is 0. The second-order valence-corrected chi connectivity index (χ2v) is 6.85. The van der Waals surface area contributed by atoms with Gasteiger partial charge in [-0.1, -0.05) is 36.4 Å². The van der Waals surface area contributed by atoms with Crippen LogP contribution < -0.4 is 5.46 Å². The van der Waals surface area contributed by atoms with Crippen LogP contribution in [0.15, 0.2) is 93.3 Å². The van der Waals surface area contributed by atoms with Gasteiger partial charge in [0.2, 0.25) is 0 Å². The lowest BCUT2D eigenvalue weighted by molar-refractivity contribution is 0.425. The van der Waals surface area contributed by atoms with Gasteiger partial charge in [0.15, 0.2) is 0 Å². The Hall–Kier alpha value is -4.28. The van der Waals surface area contributed by atoms with Crippen molar-refractivity contribution in [3.63, 3.8) is 0 Å². The van der Waals surface area contributed by atoms with Gasteiger partial charge in [-0.05, 0) is 29.7 Å². The summed E-state index contributed by atoms with van der Waals surface area (Å²) in [5, 5.41) is 66.0. The van der Waals surface area contributed by atoms with E-state index in [2.05, 4.69) is 20.5 Å². The molecule has 0 aliphatic heterocycles. The quantitative estimate of drug-likeness (QED) is 0.235. The van der Waals surface area contributed by atoms with E-state index in [0.717, 1.165) is 0 Å². The summed E-state index contributed by atoms with van der Waals surface area (Å²) in [7, 11) is -1.62. The molecule has 0 spiro atoms. The van der Waals surface area contributed by atoms with Gasteiger partial charge in [0.1, 0.15) is 28.6 Å². The molecule has 32 heavy (non-hydrogen) atoms. The average Bonchev–Trinajstić information content (AvgIpc) is 2.78. The molecule has 0 fully saturated rings. The minimum Gasteiger partial charge on any atom is -0.507 e. The molecule has 0 atom stereocenters. The van der Waals surface area contributed by atoms with E-state index in [1.807, 2.05) is 0 Å². The van der Waals surface area contributed by atoms with E-state index in [4.69, 9.17) is 0 Å². The van der Waals surface area contributed by atoms with Crippen LogP contribution in [0.3, 0.4) is 0 Å². The molecule has 9 nitrogen and oxygen atoms in total. The molecule has 0 aliphatic carbocycles. The van der Waals surface area contributed by atoms with Crippen molar-refractivity contribution in [1.82, 2.24) is 0 Å². The highest BCUT2D eigenvalue weighted by molar-refractivity contribution is 6.58. The normalized spacial score (nSPS) is 11.6. The molecule has 4 aromatic rings. The van der Waals surface area contributed by atoms with Gasteiger partial charge >= 0.3 is 7.12 Å². The summed E-state index contributed by atoms with van der Waals surface area (Å²) in [6.45, 7) is 0. The molecule has 5 N–H and O–H groups in total. The van der Waals surface area contributed by atoms with E-state index in [1.165, 1.54) is 30.3 Å². The van der Waals surface area contributed by atoms with E-state index < -0.39 is 7.12 Å². The first kappa shape index (κ1) is 21.0. The molecular formula is C22H17BN4O5. The summed E-state index contributed by atoms with van der Waals surface area (Å²) in [5.41, 5.74) is 1.33. The lowest BCUT2D eigenvalue weighted by Crippen LogP contribution is -2.29. The van der Waals surface area contributed by atoms with Gasteiger partial charge < -0.3 is 25.4 Å². The Morgan fingerprint density at radius 1 is 0.562 bits per heavy atom. The molecule has 0 radical (unpaired) electrons. The molecule has 0 saturated carbocycles. The van der Waals surface area contributed by atoms with Crippen LogP contribution in [-0.4, -0.2) is 32.5 Å². The van der Waals surface area contributed by atoms with Crippen LogP contribution >= 0.6 is 0 Å². The van der Waals surface area contributed by atoms with Crippen molar-refractivity contribution in [1.29, 1.82) is 0 Å². The van der Waals surface area contributed by atoms with Crippen molar-refractivity contribution >= 4 is 46.1 Å². The summed E-state index contributed by atoms with van der Waals surface area (Å²) in [4.78, 5) is 0. The fraction of sp³-hybridized carbons (Fsp3) is 0. The van der Waals surface area contributed by atoms with Crippen molar-refractivity contribution in [3.05, 3.63) is 72.8 Å². The predicted octanol–water partition coefficient (Wildman–Crippen LogP) is 4.47. The Morgan fingerprint density at radius 2 is 1.28 bits per heavy atom. The maximum Gasteiger partial charge on any atom is 0.488 e. The molecule has 4 rings (SSSR count). The van der Waals surface area contributed by atoms with Crippen LogP contribution in [0.1, 0.15) is 0 Å². The number of azo groups is 2. The van der Waals surface area contributed by atoms with Crippen molar-refractivity contribution in [2.45, 2.75) is 0 Å². The first-order valence-corrected chi connectivity index (χ1v) is 9.48. The van der Waals surface area contributed by atoms with Crippen LogP contribution in [0.2, 0.25) is 0 Å². The predicted molar refractivity (Wildman–Crippen MR) is 120 cm³/mol. The second kappa shape index (κ2) is 8.84. The SMILES string of the molecule is OB(O)c1cccc(N=Nc2ccc(N=Nc3c(O)cc(O)c4ccccc34)cc2O)c1. The maximum atomic E-state index is 10.3. The number of nitrogens with zero attached hydrogens (tertiary/aromatic N) is 4. The Bertz CT molecular complexity index is 1360. The average molecular weight is 428 g/mol. The van der Waals surface area contributed by atoms with E-state index >= 15 is 0 Å². The zero-order valence-electron chi connectivity index (χ0n) is 16.5. The number of fused-ring (bicyclic) bond motifs is 1. The number of hydrogen-bond acceptors (Lipinski definition) is 9. The highest BCUT2D eigenvalue weighted by Crippen LogP contribution is 2.41. The Morgan fingerprint density at radius 3 is 2.03 bits per heavy atom. The highest BCUT2D eigenvalue weighted by atomic mass is 16.4. The van der Waals surface area contributed by atoms with Gasteiger partial charge in [-0.15, -0.1) is 10.2 Å². The Balaban J connectivity index is 1.59. The third-order valence-corrected chi connectivity index (χ3v) is 4.64. The number of hydrogen-bond donors (Lipinski definition) is 5. The highest BCUT2D eigenvalue weighted by Gasteiger charge is 2.12. The molecule has 0 saturated heterocycles. The van der Waals surface area contributed by atoms with E-state index in [-0.39, 0.29) is 34.1 Å². The summed E-state index contributed by atoms with van der Waals surface area (Å²) in [5.74, 6) is -0.485. The van der Waals surface area contributed by atoms with Crippen LogP contribution in [0.4, 0.5) is 22.7 Å².